The van der Waals surface area contributed by atoms with Crippen molar-refractivity contribution in [1.29, 1.82) is 0 Å². The van der Waals surface area contributed by atoms with Crippen molar-refractivity contribution in [3.63, 3.8) is 0 Å². The van der Waals surface area contributed by atoms with Crippen LogP contribution in [-0.4, -0.2) is 23.9 Å². The van der Waals surface area contributed by atoms with Gasteiger partial charge in [0, 0.05) is 18.7 Å². The minimum absolute atomic E-state index is 0.207. The van der Waals surface area contributed by atoms with Gasteiger partial charge in [0.1, 0.15) is 5.82 Å². The molecule has 0 aliphatic rings. The second-order valence-corrected chi connectivity index (χ2v) is 5.55. The third kappa shape index (κ3) is 5.03. The summed E-state index contributed by atoms with van der Waals surface area (Å²) >= 11 is 0. The van der Waals surface area contributed by atoms with Crippen LogP contribution in [0.4, 0.5) is 17.6 Å². The minimum Gasteiger partial charge on any atom is -0.334 e. The van der Waals surface area contributed by atoms with Crippen molar-refractivity contribution < 1.29 is 22.4 Å². The summed E-state index contributed by atoms with van der Waals surface area (Å²) in [6.07, 6.45) is -4.35. The summed E-state index contributed by atoms with van der Waals surface area (Å²) < 4.78 is 52.0. The van der Waals surface area contributed by atoms with Gasteiger partial charge >= 0.3 is 6.18 Å². The highest BCUT2D eigenvalue weighted by molar-refractivity contribution is 5.94. The molecule has 0 aromatic heterocycles. The van der Waals surface area contributed by atoms with Gasteiger partial charge in [0.15, 0.2) is 0 Å². The Morgan fingerprint density at radius 2 is 1.76 bits per heavy atom. The molecule has 0 saturated carbocycles. The summed E-state index contributed by atoms with van der Waals surface area (Å²) in [6, 6.07) is 11.3. The van der Waals surface area contributed by atoms with Gasteiger partial charge in [-0.3, -0.25) is 4.79 Å². The van der Waals surface area contributed by atoms with Crippen LogP contribution >= 0.6 is 0 Å². The number of hydrogen-bond donors (Lipinski definition) is 1. The minimum atomic E-state index is -4.86. The van der Waals surface area contributed by atoms with Gasteiger partial charge < -0.3 is 10.6 Å². The highest BCUT2D eigenvalue weighted by Gasteiger charge is 2.35. The average Bonchev–Trinajstić information content (AvgIpc) is 2.58. The van der Waals surface area contributed by atoms with Crippen LogP contribution in [0.2, 0.25) is 0 Å². The molecule has 2 aromatic rings. The fourth-order valence-electron chi connectivity index (χ4n) is 2.40. The lowest BCUT2D eigenvalue weighted by Gasteiger charge is -2.23. The first kappa shape index (κ1) is 18.9. The Kier molecular flexibility index (Phi) is 6.14. The Balaban J connectivity index is 2.29. The Hall–Kier alpha value is -2.41. The van der Waals surface area contributed by atoms with Crippen molar-refractivity contribution >= 4 is 5.91 Å². The summed E-state index contributed by atoms with van der Waals surface area (Å²) in [5.74, 6) is -2.00. The van der Waals surface area contributed by atoms with E-state index in [2.05, 4.69) is 0 Å². The van der Waals surface area contributed by atoms with E-state index in [1.807, 2.05) is 18.2 Å². The van der Waals surface area contributed by atoms with E-state index in [4.69, 9.17) is 5.73 Å². The highest BCUT2D eigenvalue weighted by Crippen LogP contribution is 2.32. The number of nitrogens with two attached hydrogens (primary N) is 1. The summed E-state index contributed by atoms with van der Waals surface area (Å²) in [5.41, 5.74) is 4.66. The van der Waals surface area contributed by atoms with Crippen LogP contribution in [0.3, 0.4) is 0 Å². The van der Waals surface area contributed by atoms with E-state index in [-0.39, 0.29) is 12.1 Å². The van der Waals surface area contributed by atoms with Crippen LogP contribution in [-0.2, 0) is 12.7 Å². The van der Waals surface area contributed by atoms with E-state index in [1.54, 1.807) is 12.1 Å². The highest BCUT2D eigenvalue weighted by atomic mass is 19.4. The smallest absolute Gasteiger partial charge is 0.334 e. The molecule has 0 radical (unpaired) electrons. The molecular formula is C18H18F4N2O. The predicted molar refractivity (Wildman–Crippen MR) is 86.3 cm³/mol. The Labute approximate surface area is 143 Å². The summed E-state index contributed by atoms with van der Waals surface area (Å²) in [7, 11) is 0. The van der Waals surface area contributed by atoms with E-state index in [1.165, 1.54) is 4.90 Å². The Morgan fingerprint density at radius 3 is 2.36 bits per heavy atom. The van der Waals surface area contributed by atoms with Crippen LogP contribution in [0.1, 0.15) is 27.9 Å². The zero-order valence-corrected chi connectivity index (χ0v) is 13.4. The second kappa shape index (κ2) is 8.11. The molecule has 0 fully saturated rings. The van der Waals surface area contributed by atoms with E-state index in [9.17, 15) is 22.4 Å². The van der Waals surface area contributed by atoms with Gasteiger partial charge in [0.05, 0.1) is 5.56 Å². The first-order chi connectivity index (χ1) is 11.8. The number of alkyl halides is 3. The van der Waals surface area contributed by atoms with Gasteiger partial charge in [-0.2, -0.15) is 13.2 Å². The third-order valence-corrected chi connectivity index (χ3v) is 3.65. The lowest BCUT2D eigenvalue weighted by atomic mass is 10.1. The molecule has 2 rings (SSSR count). The van der Waals surface area contributed by atoms with Crippen LogP contribution in [0.5, 0.6) is 0 Å². The first-order valence-electron chi connectivity index (χ1n) is 7.73. The number of amides is 1. The lowest BCUT2D eigenvalue weighted by Crippen LogP contribution is -2.32. The van der Waals surface area contributed by atoms with Crippen LogP contribution in [0, 0.1) is 5.82 Å². The average molecular weight is 354 g/mol. The number of hydrogen-bond acceptors (Lipinski definition) is 2. The quantitative estimate of drug-likeness (QED) is 0.802. The fourth-order valence-corrected chi connectivity index (χ4v) is 2.40. The summed E-state index contributed by atoms with van der Waals surface area (Å²) in [4.78, 5) is 14.1. The fraction of sp³-hybridized carbons (Fsp3) is 0.278. The molecule has 0 bridgehead atoms. The number of carbonyl (C=O) groups excluding carboxylic acids is 1. The molecule has 1 amide bonds. The molecule has 134 valence electrons. The molecule has 0 spiro atoms. The Morgan fingerprint density at radius 1 is 1.08 bits per heavy atom. The van der Waals surface area contributed by atoms with Gasteiger partial charge in [-0.1, -0.05) is 30.3 Å². The lowest BCUT2D eigenvalue weighted by molar-refractivity contribution is -0.140. The van der Waals surface area contributed by atoms with Crippen molar-refractivity contribution in [2.75, 3.05) is 13.1 Å². The molecule has 0 saturated heterocycles. The molecule has 0 unspecified atom stereocenters. The van der Waals surface area contributed by atoms with E-state index in [0.29, 0.717) is 31.6 Å². The molecule has 3 nitrogen and oxygen atoms in total. The van der Waals surface area contributed by atoms with Gasteiger partial charge in [0.25, 0.3) is 5.91 Å². The molecule has 25 heavy (non-hydrogen) atoms. The first-order valence-corrected chi connectivity index (χ1v) is 7.73. The van der Waals surface area contributed by atoms with Gasteiger partial charge in [0.2, 0.25) is 0 Å². The monoisotopic (exact) mass is 354 g/mol. The van der Waals surface area contributed by atoms with Crippen molar-refractivity contribution in [2.24, 2.45) is 5.73 Å². The molecule has 0 atom stereocenters. The topological polar surface area (TPSA) is 46.3 Å². The van der Waals surface area contributed by atoms with Gasteiger partial charge in [-0.05, 0) is 36.7 Å². The second-order valence-electron chi connectivity index (χ2n) is 5.55. The number of carbonyl (C=O) groups is 1. The number of benzene rings is 2. The van der Waals surface area contributed by atoms with E-state index < -0.39 is 23.5 Å². The largest absolute Gasteiger partial charge is 0.419 e. The number of rotatable bonds is 6. The zero-order valence-electron chi connectivity index (χ0n) is 13.4. The van der Waals surface area contributed by atoms with Gasteiger partial charge in [-0.15, -0.1) is 0 Å². The van der Waals surface area contributed by atoms with E-state index in [0.717, 1.165) is 11.6 Å². The predicted octanol–water partition coefficient (Wildman–Crippen LogP) is 3.84. The maximum Gasteiger partial charge on any atom is 0.419 e. The number of nitrogens with zero attached hydrogens (tertiary/aromatic N) is 1. The zero-order chi connectivity index (χ0) is 18.4. The standard InChI is InChI=1S/C18H18F4N2O/c19-16-8-7-14(11-15(16)18(20,21)22)17(25)24(10-4-9-23)12-13-5-2-1-3-6-13/h1-3,5-8,11H,4,9-10,12,23H2. The van der Waals surface area contributed by atoms with Gasteiger partial charge in [-0.25, -0.2) is 4.39 Å². The molecular weight excluding hydrogens is 336 g/mol. The van der Waals surface area contributed by atoms with Crippen molar-refractivity contribution in [2.45, 2.75) is 19.1 Å². The molecule has 0 heterocycles. The van der Waals surface area contributed by atoms with Crippen LogP contribution in [0.25, 0.3) is 0 Å². The molecule has 2 aromatic carbocycles. The molecule has 2 N–H and O–H groups in total. The maximum absolute atomic E-state index is 13.4. The molecule has 0 aliphatic heterocycles. The maximum atomic E-state index is 13.4. The van der Waals surface area contributed by atoms with Crippen molar-refractivity contribution in [3.8, 4) is 0 Å². The van der Waals surface area contributed by atoms with Crippen LogP contribution < -0.4 is 5.73 Å². The molecule has 0 aliphatic carbocycles. The third-order valence-electron chi connectivity index (χ3n) is 3.65. The van der Waals surface area contributed by atoms with E-state index >= 15 is 0 Å². The molecule has 7 heteroatoms. The SMILES string of the molecule is NCCCN(Cc1ccccc1)C(=O)c1ccc(F)c(C(F)(F)F)c1. The van der Waals surface area contributed by atoms with Crippen molar-refractivity contribution in [1.82, 2.24) is 4.90 Å². The van der Waals surface area contributed by atoms with Crippen molar-refractivity contribution in [3.05, 3.63) is 71.0 Å². The number of halogens is 4. The normalized spacial score (nSPS) is 11.4. The summed E-state index contributed by atoms with van der Waals surface area (Å²) in [5, 5.41) is 0. The summed E-state index contributed by atoms with van der Waals surface area (Å²) in [6.45, 7) is 0.872. The Bertz CT molecular complexity index is 717. The van der Waals surface area contributed by atoms with Crippen LogP contribution in [0.15, 0.2) is 48.5 Å².